The Hall–Kier alpha value is -1.11. The van der Waals surface area contributed by atoms with Crippen molar-refractivity contribution in [1.29, 1.82) is 0 Å². The van der Waals surface area contributed by atoms with Crippen molar-refractivity contribution >= 4 is 27.5 Å². The van der Waals surface area contributed by atoms with Crippen LogP contribution >= 0.6 is 15.9 Å². The first kappa shape index (κ1) is 13.3. The van der Waals surface area contributed by atoms with E-state index in [0.29, 0.717) is 31.0 Å². The molecule has 1 aliphatic rings. The van der Waals surface area contributed by atoms with E-state index in [4.69, 9.17) is 10.5 Å². The smallest absolute Gasteiger partial charge is 0.254 e. The molecule has 1 aliphatic heterocycles. The van der Waals surface area contributed by atoms with Crippen LogP contribution in [-0.2, 0) is 4.74 Å². The van der Waals surface area contributed by atoms with Gasteiger partial charge in [-0.05, 0) is 34.1 Å². The van der Waals surface area contributed by atoms with Crippen molar-refractivity contribution in [3.8, 4) is 0 Å². The third-order valence-corrected chi connectivity index (χ3v) is 3.66. The number of carbonyl (C=O) groups excluding carboxylic acids is 1. The predicted molar refractivity (Wildman–Crippen MR) is 71.3 cm³/mol. The van der Waals surface area contributed by atoms with Gasteiger partial charge < -0.3 is 20.5 Å². The van der Waals surface area contributed by atoms with Crippen LogP contribution in [0.2, 0.25) is 0 Å². The van der Waals surface area contributed by atoms with E-state index in [1.165, 1.54) is 0 Å². The van der Waals surface area contributed by atoms with E-state index in [-0.39, 0.29) is 18.6 Å². The van der Waals surface area contributed by atoms with E-state index in [0.717, 1.165) is 4.47 Å². The number of nitrogens with zero attached hydrogens (tertiary/aromatic N) is 1. The van der Waals surface area contributed by atoms with Crippen LogP contribution < -0.4 is 5.73 Å². The highest BCUT2D eigenvalue weighted by atomic mass is 79.9. The molecule has 6 heteroatoms. The van der Waals surface area contributed by atoms with Gasteiger partial charge >= 0.3 is 0 Å². The van der Waals surface area contributed by atoms with Crippen LogP contribution in [0.15, 0.2) is 22.7 Å². The molecule has 3 N–H and O–H groups in total. The quantitative estimate of drug-likeness (QED) is 0.794. The van der Waals surface area contributed by atoms with Crippen molar-refractivity contribution in [2.75, 3.05) is 32.1 Å². The molecular formula is C12H15BrN2O3. The van der Waals surface area contributed by atoms with Crippen LogP contribution in [0, 0.1) is 0 Å². The van der Waals surface area contributed by atoms with Gasteiger partial charge in [0.05, 0.1) is 25.9 Å². The fourth-order valence-corrected chi connectivity index (χ4v) is 2.16. The number of carbonyl (C=O) groups is 1. The van der Waals surface area contributed by atoms with E-state index >= 15 is 0 Å². The first-order valence-corrected chi connectivity index (χ1v) is 6.47. The van der Waals surface area contributed by atoms with Crippen molar-refractivity contribution < 1.29 is 14.6 Å². The second kappa shape index (κ2) is 5.69. The van der Waals surface area contributed by atoms with Crippen LogP contribution in [0.4, 0.5) is 5.69 Å². The van der Waals surface area contributed by atoms with E-state index in [9.17, 15) is 9.90 Å². The first-order valence-electron chi connectivity index (χ1n) is 5.68. The number of halogens is 1. The van der Waals surface area contributed by atoms with Crippen LogP contribution in [0.3, 0.4) is 0 Å². The molecule has 18 heavy (non-hydrogen) atoms. The molecule has 0 aromatic heterocycles. The molecule has 1 fully saturated rings. The molecule has 0 aliphatic carbocycles. The average Bonchev–Trinajstić information content (AvgIpc) is 2.41. The van der Waals surface area contributed by atoms with Crippen LogP contribution in [0.1, 0.15) is 10.4 Å². The minimum absolute atomic E-state index is 0.0995. The highest BCUT2D eigenvalue weighted by Gasteiger charge is 2.27. The number of nitrogen functional groups attached to an aromatic ring is 1. The fourth-order valence-electron chi connectivity index (χ4n) is 1.92. The topological polar surface area (TPSA) is 75.8 Å². The van der Waals surface area contributed by atoms with Crippen molar-refractivity contribution in [2.24, 2.45) is 0 Å². The molecule has 1 atom stereocenters. The second-order valence-electron chi connectivity index (χ2n) is 4.15. The van der Waals surface area contributed by atoms with Crippen molar-refractivity contribution in [3.63, 3.8) is 0 Å². The second-order valence-corrected chi connectivity index (χ2v) is 5.00. The van der Waals surface area contributed by atoms with E-state index < -0.39 is 0 Å². The highest BCUT2D eigenvalue weighted by molar-refractivity contribution is 9.10. The molecule has 1 unspecified atom stereocenters. The number of rotatable bonds is 2. The normalized spacial score (nSPS) is 19.9. The fraction of sp³-hybridized carbons (Fsp3) is 0.417. The lowest BCUT2D eigenvalue weighted by Gasteiger charge is -2.34. The molecule has 1 amide bonds. The number of aliphatic hydroxyl groups is 1. The number of amides is 1. The Bertz CT molecular complexity index is 453. The summed E-state index contributed by atoms with van der Waals surface area (Å²) >= 11 is 3.29. The SMILES string of the molecule is Nc1cc(C(=O)N2CCOCC2CO)ccc1Br. The van der Waals surface area contributed by atoms with Gasteiger partial charge in [-0.1, -0.05) is 0 Å². The Kier molecular flexibility index (Phi) is 4.21. The molecule has 2 rings (SSSR count). The number of aliphatic hydroxyl groups excluding tert-OH is 1. The van der Waals surface area contributed by atoms with E-state index in [1.54, 1.807) is 23.1 Å². The lowest BCUT2D eigenvalue weighted by atomic mass is 10.1. The van der Waals surface area contributed by atoms with Crippen LogP contribution in [0.25, 0.3) is 0 Å². The summed E-state index contributed by atoms with van der Waals surface area (Å²) in [6, 6.07) is 4.82. The Labute approximate surface area is 114 Å². The number of nitrogens with two attached hydrogens (primary N) is 1. The molecule has 0 radical (unpaired) electrons. The number of morpholine rings is 1. The number of hydrogen-bond donors (Lipinski definition) is 2. The summed E-state index contributed by atoms with van der Waals surface area (Å²) in [7, 11) is 0. The molecule has 1 saturated heterocycles. The first-order chi connectivity index (χ1) is 8.63. The monoisotopic (exact) mass is 314 g/mol. The lowest BCUT2D eigenvalue weighted by Crippen LogP contribution is -2.50. The van der Waals surface area contributed by atoms with Gasteiger partial charge in [-0.2, -0.15) is 0 Å². The molecule has 0 saturated carbocycles. The van der Waals surface area contributed by atoms with Gasteiger partial charge in [-0.3, -0.25) is 4.79 Å². The van der Waals surface area contributed by atoms with Gasteiger partial charge in [0.25, 0.3) is 5.91 Å². The zero-order valence-corrected chi connectivity index (χ0v) is 11.4. The molecule has 1 heterocycles. The molecular weight excluding hydrogens is 300 g/mol. The summed E-state index contributed by atoms with van der Waals surface area (Å²) in [5, 5.41) is 9.25. The number of hydrogen-bond acceptors (Lipinski definition) is 4. The third kappa shape index (κ3) is 2.66. The minimum atomic E-state index is -0.281. The summed E-state index contributed by atoms with van der Waals surface area (Å²) in [6.07, 6.45) is 0. The lowest BCUT2D eigenvalue weighted by molar-refractivity contribution is -0.0183. The standard InChI is InChI=1S/C12H15BrN2O3/c13-10-2-1-8(5-11(10)14)12(17)15-3-4-18-7-9(15)6-16/h1-2,5,9,16H,3-4,6-7,14H2. The number of anilines is 1. The number of ether oxygens (including phenoxy) is 1. The zero-order valence-electron chi connectivity index (χ0n) is 9.80. The Balaban J connectivity index is 2.21. The maximum absolute atomic E-state index is 12.3. The maximum atomic E-state index is 12.3. The van der Waals surface area contributed by atoms with E-state index in [2.05, 4.69) is 15.9 Å². The predicted octanol–water partition coefficient (Wildman–Crippen LogP) is 0.865. The van der Waals surface area contributed by atoms with Crippen molar-refractivity contribution in [2.45, 2.75) is 6.04 Å². The zero-order chi connectivity index (χ0) is 13.1. The number of benzene rings is 1. The largest absolute Gasteiger partial charge is 0.398 e. The summed E-state index contributed by atoms with van der Waals surface area (Å²) in [6.45, 7) is 1.25. The summed E-state index contributed by atoms with van der Waals surface area (Å²) in [5.74, 6) is -0.128. The Morgan fingerprint density at radius 3 is 3.06 bits per heavy atom. The Morgan fingerprint density at radius 2 is 2.39 bits per heavy atom. The van der Waals surface area contributed by atoms with E-state index in [1.807, 2.05) is 0 Å². The molecule has 5 nitrogen and oxygen atoms in total. The van der Waals surface area contributed by atoms with Gasteiger partial charge in [0, 0.05) is 22.3 Å². The highest BCUT2D eigenvalue weighted by Crippen LogP contribution is 2.22. The van der Waals surface area contributed by atoms with Gasteiger partial charge in [-0.15, -0.1) is 0 Å². The molecule has 0 bridgehead atoms. The van der Waals surface area contributed by atoms with Gasteiger partial charge in [-0.25, -0.2) is 0 Å². The Morgan fingerprint density at radius 1 is 1.61 bits per heavy atom. The molecule has 98 valence electrons. The third-order valence-electron chi connectivity index (χ3n) is 2.94. The molecule has 0 spiro atoms. The van der Waals surface area contributed by atoms with Crippen molar-refractivity contribution in [3.05, 3.63) is 28.2 Å². The van der Waals surface area contributed by atoms with Crippen molar-refractivity contribution in [1.82, 2.24) is 4.90 Å². The van der Waals surface area contributed by atoms with Crippen LogP contribution in [-0.4, -0.2) is 48.3 Å². The minimum Gasteiger partial charge on any atom is -0.398 e. The van der Waals surface area contributed by atoms with Gasteiger partial charge in [0.2, 0.25) is 0 Å². The van der Waals surface area contributed by atoms with Gasteiger partial charge in [0.1, 0.15) is 0 Å². The average molecular weight is 315 g/mol. The molecule has 1 aromatic rings. The summed E-state index contributed by atoms with van der Waals surface area (Å²) < 4.78 is 6.01. The summed E-state index contributed by atoms with van der Waals surface area (Å²) in [5.41, 5.74) is 6.81. The summed E-state index contributed by atoms with van der Waals surface area (Å²) in [4.78, 5) is 14.0. The molecule has 1 aromatic carbocycles. The maximum Gasteiger partial charge on any atom is 0.254 e. The van der Waals surface area contributed by atoms with Crippen LogP contribution in [0.5, 0.6) is 0 Å². The van der Waals surface area contributed by atoms with Gasteiger partial charge in [0.15, 0.2) is 0 Å².